The van der Waals surface area contributed by atoms with E-state index in [1.54, 1.807) is 0 Å². The third-order valence-electron chi connectivity index (χ3n) is 4.81. The van der Waals surface area contributed by atoms with Crippen molar-refractivity contribution in [2.45, 2.75) is 26.3 Å². The fourth-order valence-corrected chi connectivity index (χ4v) is 3.89. The van der Waals surface area contributed by atoms with Crippen LogP contribution in [0.25, 0.3) is 0 Å². The van der Waals surface area contributed by atoms with E-state index in [2.05, 4.69) is 62.5 Å². The molecular formula is C22H29BrN2O2. The molecule has 0 amide bonds. The zero-order valence-corrected chi connectivity index (χ0v) is 17.8. The maximum absolute atomic E-state index is 5.88. The zero-order chi connectivity index (χ0) is 19.1. The second-order valence-electron chi connectivity index (χ2n) is 6.67. The van der Waals surface area contributed by atoms with E-state index in [0.717, 1.165) is 48.6 Å². The van der Waals surface area contributed by atoms with Crippen molar-refractivity contribution in [1.29, 1.82) is 0 Å². The second-order valence-corrected chi connectivity index (χ2v) is 7.58. The molecule has 0 bridgehead atoms. The molecule has 1 N–H and O–H groups in total. The maximum atomic E-state index is 5.88. The van der Waals surface area contributed by atoms with Gasteiger partial charge in [0.25, 0.3) is 0 Å². The number of benzene rings is 2. The summed E-state index contributed by atoms with van der Waals surface area (Å²) < 4.78 is 12.7. The largest absolute Gasteiger partial charge is 0.490 e. The SMILES string of the molecule is CCOc1ccc(C(c2ccc(Br)cc2)N2CCCNCC2)cc1OCC. The Labute approximate surface area is 171 Å². The van der Waals surface area contributed by atoms with Crippen molar-refractivity contribution in [2.24, 2.45) is 0 Å². The van der Waals surface area contributed by atoms with E-state index in [1.165, 1.54) is 11.1 Å². The molecule has 2 aromatic rings. The quantitative estimate of drug-likeness (QED) is 0.691. The first kappa shape index (κ1) is 20.2. The lowest BCUT2D eigenvalue weighted by Gasteiger charge is -2.32. The Morgan fingerprint density at radius 3 is 2.37 bits per heavy atom. The van der Waals surface area contributed by atoms with Gasteiger partial charge in [0.2, 0.25) is 0 Å². The van der Waals surface area contributed by atoms with Crippen LogP contribution in [0.2, 0.25) is 0 Å². The fraction of sp³-hybridized carbons (Fsp3) is 0.455. The van der Waals surface area contributed by atoms with Crippen molar-refractivity contribution >= 4 is 15.9 Å². The summed E-state index contributed by atoms with van der Waals surface area (Å²) in [5.41, 5.74) is 2.54. The van der Waals surface area contributed by atoms with Gasteiger partial charge in [-0.1, -0.05) is 34.1 Å². The van der Waals surface area contributed by atoms with Crippen LogP contribution in [0.5, 0.6) is 11.5 Å². The third-order valence-corrected chi connectivity index (χ3v) is 5.34. The summed E-state index contributed by atoms with van der Waals surface area (Å²) in [5, 5.41) is 3.51. The topological polar surface area (TPSA) is 33.7 Å². The predicted molar refractivity (Wildman–Crippen MR) is 114 cm³/mol. The van der Waals surface area contributed by atoms with Crippen LogP contribution in [-0.4, -0.2) is 44.3 Å². The Hall–Kier alpha value is -1.56. The Morgan fingerprint density at radius 2 is 1.63 bits per heavy atom. The number of hydrogen-bond donors (Lipinski definition) is 1. The molecule has 0 radical (unpaired) electrons. The molecule has 0 aromatic heterocycles. The van der Waals surface area contributed by atoms with Gasteiger partial charge in [0, 0.05) is 24.1 Å². The van der Waals surface area contributed by atoms with Crippen molar-refractivity contribution < 1.29 is 9.47 Å². The average molecular weight is 433 g/mol. The minimum Gasteiger partial charge on any atom is -0.490 e. The van der Waals surface area contributed by atoms with Crippen molar-refractivity contribution in [2.75, 3.05) is 39.4 Å². The highest BCUT2D eigenvalue weighted by Crippen LogP contribution is 2.36. The second kappa shape index (κ2) is 10.1. The van der Waals surface area contributed by atoms with Gasteiger partial charge in [-0.15, -0.1) is 0 Å². The Balaban J connectivity index is 2.00. The number of ether oxygens (including phenoxy) is 2. The highest BCUT2D eigenvalue weighted by molar-refractivity contribution is 9.10. The highest BCUT2D eigenvalue weighted by Gasteiger charge is 2.24. The molecule has 1 aliphatic rings. The maximum Gasteiger partial charge on any atom is 0.161 e. The molecule has 3 rings (SSSR count). The summed E-state index contributed by atoms with van der Waals surface area (Å²) in [6.45, 7) is 9.46. The molecule has 2 aromatic carbocycles. The van der Waals surface area contributed by atoms with E-state index in [9.17, 15) is 0 Å². The number of halogens is 1. The lowest BCUT2D eigenvalue weighted by molar-refractivity contribution is 0.239. The first-order valence-corrected chi connectivity index (χ1v) is 10.6. The number of rotatable bonds is 7. The minimum absolute atomic E-state index is 0.202. The summed E-state index contributed by atoms with van der Waals surface area (Å²) in [6.07, 6.45) is 1.16. The van der Waals surface area contributed by atoms with E-state index < -0.39 is 0 Å². The van der Waals surface area contributed by atoms with Crippen molar-refractivity contribution in [1.82, 2.24) is 10.2 Å². The molecule has 1 atom stereocenters. The fourth-order valence-electron chi connectivity index (χ4n) is 3.62. The summed E-state index contributed by atoms with van der Waals surface area (Å²) in [5.74, 6) is 1.64. The molecule has 0 spiro atoms. The van der Waals surface area contributed by atoms with Crippen LogP contribution in [0.1, 0.15) is 37.4 Å². The van der Waals surface area contributed by atoms with Crippen LogP contribution in [0.3, 0.4) is 0 Å². The van der Waals surface area contributed by atoms with E-state index in [0.29, 0.717) is 13.2 Å². The van der Waals surface area contributed by atoms with Crippen LogP contribution in [0.15, 0.2) is 46.9 Å². The molecule has 0 saturated carbocycles. The lowest BCUT2D eigenvalue weighted by atomic mass is 9.96. The van der Waals surface area contributed by atoms with E-state index >= 15 is 0 Å². The number of nitrogens with zero attached hydrogens (tertiary/aromatic N) is 1. The summed E-state index contributed by atoms with van der Waals surface area (Å²) in [4.78, 5) is 2.56. The molecule has 146 valence electrons. The van der Waals surface area contributed by atoms with Crippen LogP contribution in [0.4, 0.5) is 0 Å². The monoisotopic (exact) mass is 432 g/mol. The average Bonchev–Trinajstić information content (AvgIpc) is 2.95. The third kappa shape index (κ3) is 5.24. The molecule has 1 fully saturated rings. The smallest absolute Gasteiger partial charge is 0.161 e. The molecule has 4 nitrogen and oxygen atoms in total. The molecule has 5 heteroatoms. The lowest BCUT2D eigenvalue weighted by Crippen LogP contribution is -2.33. The Kier molecular flexibility index (Phi) is 7.56. The minimum atomic E-state index is 0.202. The molecular weight excluding hydrogens is 404 g/mol. The van der Waals surface area contributed by atoms with Crippen LogP contribution in [-0.2, 0) is 0 Å². The number of hydrogen-bond acceptors (Lipinski definition) is 4. The van der Waals surface area contributed by atoms with E-state index in [4.69, 9.17) is 9.47 Å². The molecule has 27 heavy (non-hydrogen) atoms. The molecule has 1 unspecified atom stereocenters. The first-order valence-electron chi connectivity index (χ1n) is 9.82. The van der Waals surface area contributed by atoms with Gasteiger partial charge < -0.3 is 14.8 Å². The Morgan fingerprint density at radius 1 is 0.926 bits per heavy atom. The van der Waals surface area contributed by atoms with Gasteiger partial charge in [-0.05, 0) is 62.2 Å². The molecule has 1 aliphatic heterocycles. The van der Waals surface area contributed by atoms with Crippen LogP contribution in [0, 0.1) is 0 Å². The standard InChI is InChI=1S/C22H29BrN2O2/c1-3-26-20-11-8-18(16-21(20)27-4-2)22(17-6-9-19(23)10-7-17)25-14-5-12-24-13-15-25/h6-11,16,22,24H,3-5,12-15H2,1-2H3. The van der Waals surface area contributed by atoms with Crippen molar-refractivity contribution in [3.63, 3.8) is 0 Å². The van der Waals surface area contributed by atoms with Crippen molar-refractivity contribution in [3.8, 4) is 11.5 Å². The Bertz CT molecular complexity index is 713. The normalized spacial score (nSPS) is 16.6. The molecule has 1 saturated heterocycles. The van der Waals surface area contributed by atoms with Gasteiger partial charge in [-0.2, -0.15) is 0 Å². The van der Waals surface area contributed by atoms with Crippen LogP contribution < -0.4 is 14.8 Å². The van der Waals surface area contributed by atoms with E-state index in [-0.39, 0.29) is 6.04 Å². The molecule has 1 heterocycles. The van der Waals surface area contributed by atoms with Gasteiger partial charge in [-0.25, -0.2) is 0 Å². The number of nitrogens with one attached hydrogen (secondary N) is 1. The van der Waals surface area contributed by atoms with Gasteiger partial charge in [0.15, 0.2) is 11.5 Å². The van der Waals surface area contributed by atoms with Crippen molar-refractivity contribution in [3.05, 3.63) is 58.1 Å². The first-order chi connectivity index (χ1) is 13.2. The van der Waals surface area contributed by atoms with Crippen LogP contribution >= 0.6 is 15.9 Å². The zero-order valence-electron chi connectivity index (χ0n) is 16.2. The summed E-state index contributed by atoms with van der Waals surface area (Å²) >= 11 is 3.56. The summed E-state index contributed by atoms with van der Waals surface area (Å²) in [7, 11) is 0. The van der Waals surface area contributed by atoms with Gasteiger partial charge in [0.05, 0.1) is 19.3 Å². The van der Waals surface area contributed by atoms with Gasteiger partial charge >= 0.3 is 0 Å². The highest BCUT2D eigenvalue weighted by atomic mass is 79.9. The summed E-state index contributed by atoms with van der Waals surface area (Å²) in [6, 6.07) is 15.2. The van der Waals surface area contributed by atoms with Gasteiger partial charge in [-0.3, -0.25) is 4.90 Å². The molecule has 0 aliphatic carbocycles. The van der Waals surface area contributed by atoms with E-state index in [1.807, 2.05) is 19.9 Å². The predicted octanol–water partition coefficient (Wildman–Crippen LogP) is 4.63. The van der Waals surface area contributed by atoms with Gasteiger partial charge in [0.1, 0.15) is 0 Å².